The lowest BCUT2D eigenvalue weighted by molar-refractivity contribution is 0.0790. The van der Waals surface area contributed by atoms with Crippen molar-refractivity contribution in [2.24, 2.45) is 0 Å². The maximum Gasteiger partial charge on any atom is 0.280 e. The first-order valence-corrected chi connectivity index (χ1v) is 17.2. The van der Waals surface area contributed by atoms with E-state index in [1.807, 2.05) is 30.3 Å². The molecule has 2 amide bonds. The van der Waals surface area contributed by atoms with Gasteiger partial charge < -0.3 is 10.2 Å². The van der Waals surface area contributed by atoms with Crippen LogP contribution in [0, 0.1) is 18.2 Å². The van der Waals surface area contributed by atoms with Crippen molar-refractivity contribution in [1.82, 2.24) is 19.9 Å². The number of nitrogens with one attached hydrogen (secondary N) is 2. The van der Waals surface area contributed by atoms with E-state index in [0.29, 0.717) is 65.0 Å². The van der Waals surface area contributed by atoms with Crippen LogP contribution < -0.4 is 16.3 Å². The summed E-state index contributed by atoms with van der Waals surface area (Å²) in [7, 11) is 1.61. The first-order chi connectivity index (χ1) is 24.6. The SMILES string of the molecule is C#CCCc1nc2cc(Cl)ccc2c(=O)n1Nc1ccccc1.CN(CCCNC(=O)c1cccc(Cl)c1F)C(=O)c1ccccc1C=O.CS. The summed E-state index contributed by atoms with van der Waals surface area (Å²) >= 11 is 15.2. The first-order valence-electron chi connectivity index (χ1n) is 15.6. The normalized spacial score (nSPS) is 10.1. The summed E-state index contributed by atoms with van der Waals surface area (Å²) in [5.41, 5.74) is 4.82. The van der Waals surface area contributed by atoms with E-state index in [2.05, 4.69) is 34.3 Å². The summed E-state index contributed by atoms with van der Waals surface area (Å²) in [5, 5.41) is 3.52. The van der Waals surface area contributed by atoms with Crippen molar-refractivity contribution in [3.8, 4) is 12.3 Å². The van der Waals surface area contributed by atoms with E-state index in [-0.39, 0.29) is 28.6 Å². The predicted molar refractivity (Wildman–Crippen MR) is 206 cm³/mol. The number of fused-ring (bicyclic) bond motifs is 1. The molecule has 5 rings (SSSR count). The van der Waals surface area contributed by atoms with Crippen LogP contribution in [-0.4, -0.2) is 59.1 Å². The number of benzene rings is 4. The van der Waals surface area contributed by atoms with E-state index in [1.54, 1.807) is 55.8 Å². The van der Waals surface area contributed by atoms with Gasteiger partial charge in [-0.3, -0.25) is 24.6 Å². The first kappa shape index (κ1) is 40.3. The molecule has 0 aliphatic heterocycles. The zero-order chi connectivity index (χ0) is 37.3. The van der Waals surface area contributed by atoms with Crippen molar-refractivity contribution in [1.29, 1.82) is 0 Å². The number of hydrogen-bond donors (Lipinski definition) is 3. The molecule has 0 radical (unpaired) electrons. The number of carbonyl (C=O) groups is 3. The third kappa shape index (κ3) is 11.2. The third-order valence-corrected chi connectivity index (χ3v) is 7.75. The summed E-state index contributed by atoms with van der Waals surface area (Å²) in [5.74, 6) is 1.55. The number of terminal acetylenes is 1. The molecule has 0 fully saturated rings. The van der Waals surface area contributed by atoms with E-state index in [4.69, 9.17) is 29.6 Å². The third-order valence-electron chi connectivity index (χ3n) is 7.23. The number of aromatic nitrogens is 2. The average molecular weight is 749 g/mol. The molecular formula is C38H36Cl2FN5O4S. The summed E-state index contributed by atoms with van der Waals surface area (Å²) in [6.45, 7) is 0.627. The number of nitrogens with zero attached hydrogens (tertiary/aromatic N) is 3. The minimum atomic E-state index is -0.760. The van der Waals surface area contributed by atoms with Crippen molar-refractivity contribution in [3.63, 3.8) is 0 Å². The van der Waals surface area contributed by atoms with E-state index in [0.717, 1.165) is 5.69 Å². The van der Waals surface area contributed by atoms with Crippen LogP contribution in [0.4, 0.5) is 10.1 Å². The van der Waals surface area contributed by atoms with Crippen molar-refractivity contribution < 1.29 is 18.8 Å². The van der Waals surface area contributed by atoms with Gasteiger partial charge in [-0.15, -0.1) is 12.3 Å². The highest BCUT2D eigenvalue weighted by Gasteiger charge is 2.16. The molecule has 13 heteroatoms. The lowest BCUT2D eigenvalue weighted by Crippen LogP contribution is -2.32. The molecule has 0 saturated heterocycles. The molecule has 0 aliphatic carbocycles. The zero-order valence-corrected chi connectivity index (χ0v) is 30.3. The van der Waals surface area contributed by atoms with Gasteiger partial charge in [0.05, 0.1) is 32.7 Å². The number of carbonyl (C=O) groups excluding carboxylic acids is 3. The number of rotatable bonds is 11. The minimum Gasteiger partial charge on any atom is -0.352 e. The van der Waals surface area contributed by atoms with Crippen LogP contribution >= 0.6 is 35.8 Å². The Morgan fingerprint density at radius 3 is 2.39 bits per heavy atom. The fraction of sp³-hybridized carbons (Fsp3) is 0.184. The monoisotopic (exact) mass is 747 g/mol. The molecule has 0 bridgehead atoms. The molecule has 9 nitrogen and oxygen atoms in total. The Hall–Kier alpha value is -5.15. The van der Waals surface area contributed by atoms with Crippen molar-refractivity contribution in [2.45, 2.75) is 19.3 Å². The second-order valence-corrected chi connectivity index (χ2v) is 11.5. The number of anilines is 1. The number of para-hydroxylation sites is 1. The van der Waals surface area contributed by atoms with Crippen LogP contribution in [0.3, 0.4) is 0 Å². The lowest BCUT2D eigenvalue weighted by Gasteiger charge is -2.18. The summed E-state index contributed by atoms with van der Waals surface area (Å²) in [4.78, 5) is 54.2. The van der Waals surface area contributed by atoms with E-state index in [1.165, 1.54) is 27.8 Å². The van der Waals surface area contributed by atoms with Gasteiger partial charge >= 0.3 is 0 Å². The number of halogens is 3. The minimum absolute atomic E-state index is 0.114. The average Bonchev–Trinajstić information content (AvgIpc) is 3.15. The molecule has 2 N–H and O–H groups in total. The van der Waals surface area contributed by atoms with Crippen LogP contribution in [-0.2, 0) is 6.42 Å². The maximum absolute atomic E-state index is 13.8. The summed E-state index contributed by atoms with van der Waals surface area (Å²) < 4.78 is 15.2. The van der Waals surface area contributed by atoms with Gasteiger partial charge in [-0.2, -0.15) is 12.6 Å². The number of amides is 2. The molecule has 1 heterocycles. The maximum atomic E-state index is 13.8. The molecule has 4 aromatic carbocycles. The molecule has 0 unspecified atom stereocenters. The Kier molecular flexibility index (Phi) is 16.2. The zero-order valence-electron chi connectivity index (χ0n) is 27.9. The molecule has 51 heavy (non-hydrogen) atoms. The second kappa shape index (κ2) is 20.5. The number of hydrogen-bond acceptors (Lipinski definition) is 7. The van der Waals surface area contributed by atoms with Crippen molar-refractivity contribution >= 4 is 70.5 Å². The van der Waals surface area contributed by atoms with Crippen LogP contribution in [0.1, 0.15) is 49.7 Å². The topological polar surface area (TPSA) is 113 Å². The van der Waals surface area contributed by atoms with E-state index >= 15 is 0 Å². The van der Waals surface area contributed by atoms with Gasteiger partial charge in [-0.25, -0.2) is 14.1 Å². The quantitative estimate of drug-likeness (QED) is 0.0570. The van der Waals surface area contributed by atoms with Crippen LogP contribution in [0.25, 0.3) is 10.9 Å². The van der Waals surface area contributed by atoms with Crippen LogP contribution in [0.2, 0.25) is 10.0 Å². The smallest absolute Gasteiger partial charge is 0.280 e. The van der Waals surface area contributed by atoms with Gasteiger partial charge in [0.15, 0.2) is 12.1 Å². The number of thiol groups is 1. The molecule has 1 aromatic heterocycles. The van der Waals surface area contributed by atoms with Crippen LogP contribution in [0.15, 0.2) is 95.8 Å². The van der Waals surface area contributed by atoms with Gasteiger partial charge in [-0.1, -0.05) is 65.7 Å². The largest absolute Gasteiger partial charge is 0.352 e. The van der Waals surface area contributed by atoms with Crippen molar-refractivity contribution in [3.05, 3.63) is 140 Å². The van der Waals surface area contributed by atoms with Gasteiger partial charge in [0.2, 0.25) is 0 Å². The summed E-state index contributed by atoms with van der Waals surface area (Å²) in [6, 6.07) is 25.3. The Balaban J connectivity index is 0.000000264. The molecule has 5 aromatic rings. The Morgan fingerprint density at radius 2 is 1.69 bits per heavy atom. The van der Waals surface area contributed by atoms with E-state index < -0.39 is 11.7 Å². The predicted octanol–water partition coefficient (Wildman–Crippen LogP) is 7.22. The molecule has 0 saturated carbocycles. The highest BCUT2D eigenvalue weighted by atomic mass is 35.5. The Labute approximate surface area is 311 Å². The highest BCUT2D eigenvalue weighted by molar-refractivity contribution is 7.79. The molecule has 0 atom stereocenters. The fourth-order valence-corrected chi connectivity index (χ4v) is 5.05. The van der Waals surface area contributed by atoms with Gasteiger partial charge in [0, 0.05) is 43.6 Å². The van der Waals surface area contributed by atoms with Gasteiger partial charge in [0.25, 0.3) is 17.4 Å². The van der Waals surface area contributed by atoms with Crippen LogP contribution in [0.5, 0.6) is 0 Å². The van der Waals surface area contributed by atoms with Gasteiger partial charge in [0.1, 0.15) is 5.82 Å². The standard InChI is InChI=1S/C19H18ClFN2O3.C18H14ClN3O.CH4S/c1-23(19(26)14-7-3-2-6-13(14)12-24)11-5-10-22-18(25)15-8-4-9-16(20)17(15)21;1-2-3-9-17-20-16-12-13(19)10-11-15(16)18(23)22(17)21-14-7-5-4-6-8-14;1-2/h2-4,6-9,12H,5,10-11H2,1H3,(H,22,25);1,4-8,10-12,21H,3,9H2;2H,1H3. The van der Waals surface area contributed by atoms with Crippen molar-refractivity contribution in [2.75, 3.05) is 31.8 Å². The summed E-state index contributed by atoms with van der Waals surface area (Å²) in [6.07, 6.45) is 9.14. The Morgan fingerprint density at radius 1 is 1.00 bits per heavy atom. The highest BCUT2D eigenvalue weighted by Crippen LogP contribution is 2.18. The molecule has 0 aliphatic rings. The van der Waals surface area contributed by atoms with Gasteiger partial charge in [-0.05, 0) is 61.2 Å². The van der Waals surface area contributed by atoms with E-state index in [9.17, 15) is 23.6 Å². The number of aldehydes is 1. The lowest BCUT2D eigenvalue weighted by atomic mass is 10.1. The molecular weight excluding hydrogens is 712 g/mol. The molecule has 264 valence electrons. The fourth-order valence-electron chi connectivity index (χ4n) is 4.71. The molecule has 0 spiro atoms. The second-order valence-electron chi connectivity index (χ2n) is 10.7. The Bertz CT molecular complexity index is 2070. The number of aryl methyl sites for hydroxylation is 1.